The standard InChI is InChI=1S/C28H24N4O5S/c1-35-22-13-17(14-23(36-2)25(22)37-3)27(33)29-18-8-6-16(7-9-18)26-31-20-11-10-19(15-21(20)32-26)30-28(34)24-5-4-12-38-24/h4-15H,1-3H3,(H,29,33)(H,30,34)(H,31,32). The lowest BCUT2D eigenvalue weighted by Gasteiger charge is -2.14. The van der Waals surface area contributed by atoms with Gasteiger partial charge in [0.2, 0.25) is 5.75 Å². The van der Waals surface area contributed by atoms with E-state index in [2.05, 4.69) is 20.6 Å². The smallest absolute Gasteiger partial charge is 0.265 e. The first-order chi connectivity index (χ1) is 18.5. The number of carbonyl (C=O) groups is 2. The zero-order chi connectivity index (χ0) is 26.6. The molecule has 3 N–H and O–H groups in total. The number of nitrogens with zero attached hydrogens (tertiary/aromatic N) is 1. The van der Waals surface area contributed by atoms with E-state index >= 15 is 0 Å². The van der Waals surface area contributed by atoms with Gasteiger partial charge in [0.25, 0.3) is 11.8 Å². The Morgan fingerprint density at radius 3 is 2.13 bits per heavy atom. The molecule has 0 radical (unpaired) electrons. The van der Waals surface area contributed by atoms with E-state index in [-0.39, 0.29) is 11.8 Å². The van der Waals surface area contributed by atoms with Crippen molar-refractivity contribution >= 4 is 45.6 Å². The van der Waals surface area contributed by atoms with Crippen molar-refractivity contribution in [3.8, 4) is 28.6 Å². The fourth-order valence-electron chi connectivity index (χ4n) is 3.95. The first-order valence-electron chi connectivity index (χ1n) is 11.6. The third-order valence-corrected chi connectivity index (χ3v) is 6.70. The van der Waals surface area contributed by atoms with Gasteiger partial charge in [0.05, 0.1) is 37.2 Å². The molecule has 2 amide bonds. The molecule has 38 heavy (non-hydrogen) atoms. The molecular weight excluding hydrogens is 504 g/mol. The molecule has 3 aromatic carbocycles. The number of aromatic amines is 1. The number of hydrogen-bond donors (Lipinski definition) is 3. The van der Waals surface area contributed by atoms with Gasteiger partial charge < -0.3 is 29.8 Å². The van der Waals surface area contributed by atoms with Gasteiger partial charge >= 0.3 is 0 Å². The number of fused-ring (bicyclic) bond motifs is 1. The molecular formula is C28H24N4O5S. The average Bonchev–Trinajstić information content (AvgIpc) is 3.63. The Morgan fingerprint density at radius 2 is 1.50 bits per heavy atom. The number of ether oxygens (including phenoxy) is 3. The highest BCUT2D eigenvalue weighted by molar-refractivity contribution is 7.12. The van der Waals surface area contributed by atoms with Crippen molar-refractivity contribution in [1.29, 1.82) is 0 Å². The van der Waals surface area contributed by atoms with E-state index in [0.717, 1.165) is 16.6 Å². The molecule has 2 heterocycles. The number of benzene rings is 3. The van der Waals surface area contributed by atoms with Crippen LogP contribution >= 0.6 is 11.3 Å². The van der Waals surface area contributed by atoms with Gasteiger partial charge in [-0.25, -0.2) is 4.98 Å². The summed E-state index contributed by atoms with van der Waals surface area (Å²) in [6.07, 6.45) is 0. The molecule has 0 aliphatic rings. The molecule has 0 atom stereocenters. The summed E-state index contributed by atoms with van der Waals surface area (Å²) in [5, 5.41) is 7.65. The highest BCUT2D eigenvalue weighted by atomic mass is 32.1. The maximum atomic E-state index is 12.9. The van der Waals surface area contributed by atoms with Gasteiger partial charge in [-0.05, 0) is 66.0 Å². The van der Waals surface area contributed by atoms with Gasteiger partial charge in [0.1, 0.15) is 5.82 Å². The van der Waals surface area contributed by atoms with Crippen molar-refractivity contribution in [1.82, 2.24) is 9.97 Å². The Hall–Kier alpha value is -4.83. The van der Waals surface area contributed by atoms with E-state index in [0.29, 0.717) is 44.9 Å². The summed E-state index contributed by atoms with van der Waals surface area (Å²) in [7, 11) is 4.50. The molecule has 0 aliphatic carbocycles. The van der Waals surface area contributed by atoms with Crippen molar-refractivity contribution in [2.24, 2.45) is 0 Å². The number of thiophene rings is 1. The van der Waals surface area contributed by atoms with Crippen LogP contribution in [-0.2, 0) is 0 Å². The highest BCUT2D eigenvalue weighted by Gasteiger charge is 2.17. The topological polar surface area (TPSA) is 115 Å². The van der Waals surface area contributed by atoms with Gasteiger partial charge in [0.15, 0.2) is 11.5 Å². The van der Waals surface area contributed by atoms with Crippen molar-refractivity contribution in [2.75, 3.05) is 32.0 Å². The molecule has 9 nitrogen and oxygen atoms in total. The van der Waals surface area contributed by atoms with Crippen LogP contribution in [-0.4, -0.2) is 43.1 Å². The Balaban J connectivity index is 1.31. The average molecular weight is 529 g/mol. The number of rotatable bonds is 8. The van der Waals surface area contributed by atoms with Gasteiger partial charge in [-0.3, -0.25) is 9.59 Å². The monoisotopic (exact) mass is 528 g/mol. The van der Waals surface area contributed by atoms with E-state index in [4.69, 9.17) is 14.2 Å². The van der Waals surface area contributed by atoms with Crippen LogP contribution in [0.25, 0.3) is 22.4 Å². The lowest BCUT2D eigenvalue weighted by atomic mass is 10.1. The lowest BCUT2D eigenvalue weighted by molar-refractivity contribution is 0.102. The summed E-state index contributed by atoms with van der Waals surface area (Å²) in [4.78, 5) is 33.8. The molecule has 0 unspecified atom stereocenters. The summed E-state index contributed by atoms with van der Waals surface area (Å²) < 4.78 is 16.0. The number of amides is 2. The fourth-order valence-corrected chi connectivity index (χ4v) is 4.57. The Kier molecular flexibility index (Phi) is 6.96. The van der Waals surface area contributed by atoms with Crippen molar-refractivity contribution in [3.05, 3.63) is 82.6 Å². The van der Waals surface area contributed by atoms with E-state index < -0.39 is 0 Å². The first kappa shape index (κ1) is 24.8. The van der Waals surface area contributed by atoms with E-state index in [1.165, 1.54) is 32.7 Å². The van der Waals surface area contributed by atoms with E-state index in [1.54, 1.807) is 30.3 Å². The Labute approximate surface area is 222 Å². The largest absolute Gasteiger partial charge is 0.493 e. The van der Waals surface area contributed by atoms with Crippen molar-refractivity contribution < 1.29 is 23.8 Å². The van der Waals surface area contributed by atoms with Gasteiger partial charge in [-0.15, -0.1) is 11.3 Å². The molecule has 5 aromatic rings. The predicted octanol–water partition coefficient (Wildman–Crippen LogP) is 5.82. The summed E-state index contributed by atoms with van der Waals surface area (Å²) in [5.41, 5.74) is 4.06. The number of hydrogen-bond acceptors (Lipinski definition) is 7. The second-order valence-electron chi connectivity index (χ2n) is 8.19. The number of nitrogens with one attached hydrogen (secondary N) is 3. The number of carbonyl (C=O) groups excluding carboxylic acids is 2. The summed E-state index contributed by atoms with van der Waals surface area (Å²) in [5.74, 6) is 1.40. The number of methoxy groups -OCH3 is 3. The molecule has 0 saturated carbocycles. The maximum Gasteiger partial charge on any atom is 0.265 e. The highest BCUT2D eigenvalue weighted by Crippen LogP contribution is 2.38. The van der Waals surface area contributed by atoms with E-state index in [9.17, 15) is 9.59 Å². The number of aromatic nitrogens is 2. The van der Waals surface area contributed by atoms with Crippen LogP contribution < -0.4 is 24.8 Å². The van der Waals surface area contributed by atoms with Gasteiger partial charge in [-0.2, -0.15) is 0 Å². The number of anilines is 2. The predicted molar refractivity (Wildman–Crippen MR) is 148 cm³/mol. The molecule has 0 fully saturated rings. The quantitative estimate of drug-likeness (QED) is 0.234. The third-order valence-electron chi connectivity index (χ3n) is 5.83. The third kappa shape index (κ3) is 5.02. The molecule has 10 heteroatoms. The van der Waals surface area contributed by atoms with Crippen LogP contribution in [0.5, 0.6) is 17.2 Å². The fraction of sp³-hybridized carbons (Fsp3) is 0.107. The minimum Gasteiger partial charge on any atom is -0.493 e. The number of imidazole rings is 1. The van der Waals surface area contributed by atoms with Gasteiger partial charge in [-0.1, -0.05) is 6.07 Å². The molecule has 192 valence electrons. The first-order valence-corrected chi connectivity index (χ1v) is 12.4. The van der Waals surface area contributed by atoms with Crippen molar-refractivity contribution in [3.63, 3.8) is 0 Å². The minimum atomic E-state index is -0.321. The summed E-state index contributed by atoms with van der Waals surface area (Å²) >= 11 is 1.39. The minimum absolute atomic E-state index is 0.150. The van der Waals surface area contributed by atoms with E-state index in [1.807, 2.05) is 41.8 Å². The van der Waals surface area contributed by atoms with Crippen LogP contribution in [0.2, 0.25) is 0 Å². The van der Waals surface area contributed by atoms with Crippen LogP contribution in [0.1, 0.15) is 20.0 Å². The molecule has 0 saturated heterocycles. The molecule has 0 bridgehead atoms. The van der Waals surface area contributed by atoms with Gasteiger partial charge in [0, 0.05) is 22.5 Å². The van der Waals surface area contributed by atoms with Crippen LogP contribution in [0.15, 0.2) is 72.1 Å². The zero-order valence-corrected chi connectivity index (χ0v) is 21.6. The molecule has 5 rings (SSSR count). The Bertz CT molecular complexity index is 1590. The SMILES string of the molecule is COc1cc(C(=O)Nc2ccc(-c3nc4ccc(NC(=O)c5cccs5)cc4[nH]3)cc2)cc(OC)c1OC. The maximum absolute atomic E-state index is 12.9. The molecule has 0 spiro atoms. The molecule has 0 aliphatic heterocycles. The second kappa shape index (κ2) is 10.7. The zero-order valence-electron chi connectivity index (χ0n) is 20.8. The van der Waals surface area contributed by atoms with Crippen LogP contribution in [0.3, 0.4) is 0 Å². The normalized spacial score (nSPS) is 10.7. The van der Waals surface area contributed by atoms with Crippen molar-refractivity contribution in [2.45, 2.75) is 0 Å². The summed E-state index contributed by atoms with van der Waals surface area (Å²) in [6, 6.07) is 19.7. The summed E-state index contributed by atoms with van der Waals surface area (Å²) in [6.45, 7) is 0. The second-order valence-corrected chi connectivity index (χ2v) is 9.14. The van der Waals surface area contributed by atoms with Crippen LogP contribution in [0.4, 0.5) is 11.4 Å². The number of H-pyrrole nitrogens is 1. The Morgan fingerprint density at radius 1 is 0.816 bits per heavy atom. The lowest BCUT2D eigenvalue weighted by Crippen LogP contribution is -2.12. The molecule has 2 aromatic heterocycles. The van der Waals surface area contributed by atoms with Crippen LogP contribution in [0, 0.1) is 0 Å².